The quantitative estimate of drug-likeness (QED) is 0.800. The second-order valence-electron chi connectivity index (χ2n) is 5.46. The first-order valence-electron chi connectivity index (χ1n) is 6.94. The molecule has 20 heavy (non-hydrogen) atoms. The number of hydrogen-bond donors (Lipinski definition) is 2. The molecule has 1 aromatic rings. The zero-order valence-electron chi connectivity index (χ0n) is 12.6. The van der Waals surface area contributed by atoms with Gasteiger partial charge in [-0.25, -0.2) is 4.98 Å². The third-order valence-corrected chi connectivity index (χ3v) is 2.81. The summed E-state index contributed by atoms with van der Waals surface area (Å²) in [7, 11) is 0. The van der Waals surface area contributed by atoms with Crippen LogP contribution >= 0.6 is 0 Å². The van der Waals surface area contributed by atoms with Gasteiger partial charge in [0.05, 0.1) is 18.6 Å². The minimum Gasteiger partial charge on any atom is -0.475 e. The second-order valence-corrected chi connectivity index (χ2v) is 5.46. The summed E-state index contributed by atoms with van der Waals surface area (Å²) in [5.74, 6) is 0.469. The average molecular weight is 280 g/mol. The van der Waals surface area contributed by atoms with E-state index in [1.165, 1.54) is 0 Å². The summed E-state index contributed by atoms with van der Waals surface area (Å²) in [6, 6.07) is 3.63. The van der Waals surface area contributed by atoms with E-state index in [0.717, 1.165) is 5.56 Å². The Bertz CT molecular complexity index is 433. The number of carbonyl (C=O) groups is 1. The van der Waals surface area contributed by atoms with Crippen molar-refractivity contribution in [2.75, 3.05) is 0 Å². The summed E-state index contributed by atoms with van der Waals surface area (Å²) in [6.07, 6.45) is 1.24. The Morgan fingerprint density at radius 1 is 1.40 bits per heavy atom. The molecule has 1 amide bonds. The van der Waals surface area contributed by atoms with Crippen LogP contribution < -0.4 is 10.1 Å². The molecule has 0 aliphatic carbocycles. The number of nitrogens with one attached hydrogen (secondary N) is 1. The molecule has 0 saturated heterocycles. The van der Waals surface area contributed by atoms with Crippen molar-refractivity contribution < 1.29 is 14.6 Å². The fourth-order valence-corrected chi connectivity index (χ4v) is 1.56. The molecule has 5 heteroatoms. The number of amides is 1. The predicted octanol–water partition coefficient (Wildman–Crippen LogP) is 1.89. The topological polar surface area (TPSA) is 71.5 Å². The molecular weight excluding hydrogens is 256 g/mol. The van der Waals surface area contributed by atoms with E-state index in [9.17, 15) is 9.90 Å². The van der Waals surface area contributed by atoms with Gasteiger partial charge in [0.1, 0.15) is 0 Å². The standard InChI is InChI=1S/C15H24N2O3/c1-10(2)13(18)8-14(19)17-9-12-5-6-16-15(7-12)20-11(3)4/h5-7,10-11,13,18H,8-9H2,1-4H3,(H,17,19). The van der Waals surface area contributed by atoms with Crippen molar-refractivity contribution in [3.8, 4) is 5.88 Å². The van der Waals surface area contributed by atoms with Crippen LogP contribution in [0.2, 0.25) is 0 Å². The normalized spacial score (nSPS) is 12.6. The molecule has 112 valence electrons. The Balaban J connectivity index is 2.47. The summed E-state index contributed by atoms with van der Waals surface area (Å²) in [6.45, 7) is 8.04. The van der Waals surface area contributed by atoms with Crippen molar-refractivity contribution in [2.45, 2.75) is 52.9 Å². The number of rotatable bonds is 7. The molecule has 0 radical (unpaired) electrons. The molecule has 0 saturated carbocycles. The maximum atomic E-state index is 11.7. The Morgan fingerprint density at radius 3 is 2.70 bits per heavy atom. The Hall–Kier alpha value is -1.62. The van der Waals surface area contributed by atoms with E-state index in [4.69, 9.17) is 4.74 Å². The minimum atomic E-state index is -0.604. The number of ether oxygens (including phenoxy) is 1. The Kier molecular flexibility index (Phi) is 6.45. The monoisotopic (exact) mass is 280 g/mol. The van der Waals surface area contributed by atoms with Gasteiger partial charge in [0.2, 0.25) is 11.8 Å². The highest BCUT2D eigenvalue weighted by Gasteiger charge is 2.14. The fraction of sp³-hybridized carbons (Fsp3) is 0.600. The molecule has 1 heterocycles. The summed E-state index contributed by atoms with van der Waals surface area (Å²) in [4.78, 5) is 15.8. The summed E-state index contributed by atoms with van der Waals surface area (Å²) in [5, 5.41) is 12.4. The zero-order chi connectivity index (χ0) is 15.1. The van der Waals surface area contributed by atoms with Crippen LogP contribution in [0.25, 0.3) is 0 Å². The number of pyridine rings is 1. The van der Waals surface area contributed by atoms with Crippen molar-refractivity contribution in [3.05, 3.63) is 23.9 Å². The number of aliphatic hydroxyl groups excluding tert-OH is 1. The number of hydrogen-bond acceptors (Lipinski definition) is 4. The van der Waals surface area contributed by atoms with Crippen LogP contribution in [0, 0.1) is 5.92 Å². The SMILES string of the molecule is CC(C)Oc1cc(CNC(=O)CC(O)C(C)C)ccn1. The van der Waals surface area contributed by atoms with E-state index in [-0.39, 0.29) is 24.3 Å². The molecule has 0 bridgehead atoms. The first kappa shape index (κ1) is 16.4. The van der Waals surface area contributed by atoms with Gasteiger partial charge in [-0.1, -0.05) is 13.8 Å². The molecule has 2 N–H and O–H groups in total. The van der Waals surface area contributed by atoms with Gasteiger partial charge >= 0.3 is 0 Å². The fourth-order valence-electron chi connectivity index (χ4n) is 1.56. The molecule has 0 aromatic carbocycles. The van der Waals surface area contributed by atoms with E-state index in [0.29, 0.717) is 12.4 Å². The Morgan fingerprint density at radius 2 is 2.10 bits per heavy atom. The first-order valence-corrected chi connectivity index (χ1v) is 6.94. The van der Waals surface area contributed by atoms with E-state index in [2.05, 4.69) is 10.3 Å². The third-order valence-electron chi connectivity index (χ3n) is 2.81. The van der Waals surface area contributed by atoms with Gasteiger partial charge in [-0.05, 0) is 31.4 Å². The highest BCUT2D eigenvalue weighted by atomic mass is 16.5. The van der Waals surface area contributed by atoms with Crippen molar-refractivity contribution >= 4 is 5.91 Å². The lowest BCUT2D eigenvalue weighted by Crippen LogP contribution is -2.29. The summed E-state index contributed by atoms with van der Waals surface area (Å²) < 4.78 is 5.49. The van der Waals surface area contributed by atoms with Crippen LogP contribution in [0.4, 0.5) is 0 Å². The molecule has 1 atom stereocenters. The van der Waals surface area contributed by atoms with Gasteiger partial charge in [-0.2, -0.15) is 0 Å². The molecule has 1 rings (SSSR count). The highest BCUT2D eigenvalue weighted by Crippen LogP contribution is 2.11. The van der Waals surface area contributed by atoms with Crippen LogP contribution in [-0.4, -0.2) is 28.2 Å². The van der Waals surface area contributed by atoms with Crippen molar-refractivity contribution in [1.82, 2.24) is 10.3 Å². The molecule has 5 nitrogen and oxygen atoms in total. The smallest absolute Gasteiger partial charge is 0.222 e. The zero-order valence-corrected chi connectivity index (χ0v) is 12.6. The largest absolute Gasteiger partial charge is 0.475 e. The molecular formula is C15H24N2O3. The van der Waals surface area contributed by atoms with Crippen molar-refractivity contribution in [3.63, 3.8) is 0 Å². The molecule has 0 spiro atoms. The lowest BCUT2D eigenvalue weighted by molar-refractivity contribution is -0.123. The van der Waals surface area contributed by atoms with Gasteiger partial charge in [0.25, 0.3) is 0 Å². The van der Waals surface area contributed by atoms with Gasteiger partial charge in [0, 0.05) is 18.8 Å². The van der Waals surface area contributed by atoms with E-state index in [1.807, 2.05) is 33.8 Å². The third kappa shape index (κ3) is 6.02. The van der Waals surface area contributed by atoms with Crippen LogP contribution in [0.15, 0.2) is 18.3 Å². The molecule has 1 aromatic heterocycles. The molecule has 0 aliphatic rings. The maximum absolute atomic E-state index is 11.7. The summed E-state index contributed by atoms with van der Waals surface area (Å²) >= 11 is 0. The summed E-state index contributed by atoms with van der Waals surface area (Å²) in [5.41, 5.74) is 0.919. The van der Waals surface area contributed by atoms with Gasteiger partial charge in [-0.15, -0.1) is 0 Å². The van der Waals surface area contributed by atoms with Crippen molar-refractivity contribution in [1.29, 1.82) is 0 Å². The van der Waals surface area contributed by atoms with Gasteiger partial charge < -0.3 is 15.2 Å². The van der Waals surface area contributed by atoms with E-state index >= 15 is 0 Å². The lowest BCUT2D eigenvalue weighted by atomic mass is 10.0. The number of aliphatic hydroxyl groups is 1. The predicted molar refractivity (Wildman–Crippen MR) is 77.3 cm³/mol. The van der Waals surface area contributed by atoms with Gasteiger partial charge in [-0.3, -0.25) is 4.79 Å². The van der Waals surface area contributed by atoms with Crippen molar-refractivity contribution in [2.24, 2.45) is 5.92 Å². The second kappa shape index (κ2) is 7.85. The lowest BCUT2D eigenvalue weighted by Gasteiger charge is -2.14. The number of aromatic nitrogens is 1. The van der Waals surface area contributed by atoms with Crippen LogP contribution in [0.3, 0.4) is 0 Å². The van der Waals surface area contributed by atoms with E-state index < -0.39 is 6.10 Å². The highest BCUT2D eigenvalue weighted by molar-refractivity contribution is 5.76. The van der Waals surface area contributed by atoms with Crippen LogP contribution in [0.1, 0.15) is 39.7 Å². The van der Waals surface area contributed by atoms with Crippen LogP contribution in [-0.2, 0) is 11.3 Å². The minimum absolute atomic E-state index is 0.0635. The average Bonchev–Trinajstić information content (AvgIpc) is 2.36. The van der Waals surface area contributed by atoms with Gasteiger partial charge in [0.15, 0.2) is 0 Å². The number of carbonyl (C=O) groups excluding carboxylic acids is 1. The first-order chi connectivity index (χ1) is 9.38. The molecule has 0 aliphatic heterocycles. The molecule has 1 unspecified atom stereocenters. The van der Waals surface area contributed by atoms with E-state index in [1.54, 1.807) is 12.3 Å². The number of nitrogens with zero attached hydrogens (tertiary/aromatic N) is 1. The maximum Gasteiger partial charge on any atom is 0.222 e. The molecule has 0 fully saturated rings. The van der Waals surface area contributed by atoms with Crippen LogP contribution in [0.5, 0.6) is 5.88 Å². The Labute approximate surface area is 120 Å².